The van der Waals surface area contributed by atoms with Crippen LogP contribution in [0.5, 0.6) is 5.75 Å². The Kier molecular flexibility index (Phi) is 5.43. The van der Waals surface area contributed by atoms with Gasteiger partial charge in [-0.3, -0.25) is 4.98 Å². The van der Waals surface area contributed by atoms with Crippen molar-refractivity contribution in [3.8, 4) is 5.75 Å². The molecule has 2 rings (SSSR count). The molecule has 1 atom stereocenters. The van der Waals surface area contributed by atoms with Crippen molar-refractivity contribution < 1.29 is 4.74 Å². The maximum atomic E-state index is 5.64. The van der Waals surface area contributed by atoms with E-state index in [1.807, 2.05) is 18.3 Å². The van der Waals surface area contributed by atoms with E-state index in [9.17, 15) is 0 Å². The lowest BCUT2D eigenvalue weighted by molar-refractivity contribution is 0.315. The van der Waals surface area contributed by atoms with Gasteiger partial charge in [-0.05, 0) is 36.2 Å². The van der Waals surface area contributed by atoms with Crippen molar-refractivity contribution in [2.75, 3.05) is 13.2 Å². The van der Waals surface area contributed by atoms with Crippen molar-refractivity contribution in [3.63, 3.8) is 0 Å². The minimum Gasteiger partial charge on any atom is -0.492 e. The fraction of sp³-hybridized carbons (Fsp3) is 0.400. The zero-order valence-corrected chi connectivity index (χ0v) is 11.9. The second-order valence-electron chi connectivity index (χ2n) is 4.47. The van der Waals surface area contributed by atoms with Gasteiger partial charge in [0.1, 0.15) is 5.75 Å². The van der Waals surface area contributed by atoms with Crippen molar-refractivity contribution in [1.82, 2.24) is 20.5 Å². The Balaban J connectivity index is 2.25. The highest BCUT2D eigenvalue weighted by atomic mass is 16.5. The Labute approximate surface area is 119 Å². The summed E-state index contributed by atoms with van der Waals surface area (Å²) in [7, 11) is 0. The molecule has 20 heavy (non-hydrogen) atoms. The van der Waals surface area contributed by atoms with Crippen LogP contribution in [0, 0.1) is 0 Å². The predicted molar refractivity (Wildman–Crippen MR) is 77.6 cm³/mol. The van der Waals surface area contributed by atoms with Crippen LogP contribution in [-0.2, 0) is 0 Å². The molecule has 0 spiro atoms. The number of rotatable bonds is 7. The third-order valence-corrected chi connectivity index (χ3v) is 2.89. The first-order valence-corrected chi connectivity index (χ1v) is 6.92. The molecule has 0 saturated heterocycles. The minimum absolute atomic E-state index is 0.0492. The van der Waals surface area contributed by atoms with Crippen LogP contribution in [0.3, 0.4) is 0 Å². The Morgan fingerprint density at radius 1 is 1.15 bits per heavy atom. The van der Waals surface area contributed by atoms with E-state index in [1.54, 1.807) is 18.6 Å². The van der Waals surface area contributed by atoms with Gasteiger partial charge in [-0.2, -0.15) is 10.2 Å². The first-order valence-electron chi connectivity index (χ1n) is 6.92. The van der Waals surface area contributed by atoms with Gasteiger partial charge in [-0.15, -0.1) is 0 Å². The van der Waals surface area contributed by atoms with Crippen molar-refractivity contribution in [1.29, 1.82) is 0 Å². The highest BCUT2D eigenvalue weighted by Gasteiger charge is 2.14. The summed E-state index contributed by atoms with van der Waals surface area (Å²) >= 11 is 0. The summed E-state index contributed by atoms with van der Waals surface area (Å²) in [4.78, 5) is 4.27. The molecule has 5 heteroatoms. The molecule has 0 fully saturated rings. The van der Waals surface area contributed by atoms with Gasteiger partial charge in [0, 0.05) is 12.4 Å². The van der Waals surface area contributed by atoms with Gasteiger partial charge in [0.15, 0.2) is 0 Å². The van der Waals surface area contributed by atoms with Gasteiger partial charge in [0.05, 0.1) is 25.0 Å². The number of aromatic nitrogens is 3. The lowest BCUT2D eigenvalue weighted by atomic mass is 10.0. The van der Waals surface area contributed by atoms with Crippen LogP contribution in [0.1, 0.15) is 37.4 Å². The van der Waals surface area contributed by atoms with Crippen LogP contribution in [0.2, 0.25) is 0 Å². The van der Waals surface area contributed by atoms with Crippen LogP contribution in [0.15, 0.2) is 36.9 Å². The van der Waals surface area contributed by atoms with Gasteiger partial charge < -0.3 is 10.1 Å². The Hall–Kier alpha value is -2.01. The van der Waals surface area contributed by atoms with Gasteiger partial charge in [-0.25, -0.2) is 0 Å². The second kappa shape index (κ2) is 7.55. The number of nitrogens with zero attached hydrogens (tertiary/aromatic N) is 3. The summed E-state index contributed by atoms with van der Waals surface area (Å²) in [6.07, 6.45) is 8.05. The molecule has 0 bridgehead atoms. The Bertz CT molecular complexity index is 518. The molecule has 2 aromatic rings. The van der Waals surface area contributed by atoms with Crippen LogP contribution in [0.4, 0.5) is 0 Å². The van der Waals surface area contributed by atoms with E-state index in [0.717, 1.165) is 29.8 Å². The third-order valence-electron chi connectivity index (χ3n) is 2.89. The van der Waals surface area contributed by atoms with E-state index < -0.39 is 0 Å². The Morgan fingerprint density at radius 2 is 2.05 bits per heavy atom. The smallest absolute Gasteiger partial charge is 0.137 e. The summed E-state index contributed by atoms with van der Waals surface area (Å²) in [5.74, 6) is 0.800. The van der Waals surface area contributed by atoms with E-state index >= 15 is 0 Å². The number of hydrogen-bond donors (Lipinski definition) is 1. The van der Waals surface area contributed by atoms with E-state index in [1.165, 1.54) is 0 Å². The normalized spacial score (nSPS) is 12.1. The molecule has 2 heterocycles. The van der Waals surface area contributed by atoms with E-state index in [4.69, 9.17) is 4.74 Å². The highest BCUT2D eigenvalue weighted by Crippen LogP contribution is 2.23. The van der Waals surface area contributed by atoms with Gasteiger partial charge in [-0.1, -0.05) is 13.8 Å². The summed E-state index contributed by atoms with van der Waals surface area (Å²) < 4.78 is 5.64. The zero-order chi connectivity index (χ0) is 14.2. The van der Waals surface area contributed by atoms with Crippen molar-refractivity contribution in [3.05, 3.63) is 48.0 Å². The first-order chi connectivity index (χ1) is 9.85. The molecular weight excluding hydrogens is 252 g/mol. The lowest BCUT2D eigenvalue weighted by Gasteiger charge is -2.18. The maximum Gasteiger partial charge on any atom is 0.137 e. The molecule has 2 aromatic heterocycles. The third kappa shape index (κ3) is 3.74. The van der Waals surface area contributed by atoms with Crippen molar-refractivity contribution in [2.45, 2.75) is 26.3 Å². The predicted octanol–water partition coefficient (Wildman–Crippen LogP) is 2.36. The zero-order valence-electron chi connectivity index (χ0n) is 11.9. The molecule has 0 aliphatic carbocycles. The molecule has 0 aliphatic heterocycles. The van der Waals surface area contributed by atoms with Crippen LogP contribution in [-0.4, -0.2) is 28.3 Å². The van der Waals surface area contributed by atoms with Gasteiger partial charge in [0.2, 0.25) is 0 Å². The number of hydrogen-bond acceptors (Lipinski definition) is 5. The topological polar surface area (TPSA) is 59.9 Å². The summed E-state index contributed by atoms with van der Waals surface area (Å²) in [6.45, 7) is 5.72. The maximum absolute atomic E-state index is 5.64. The molecule has 0 radical (unpaired) electrons. The van der Waals surface area contributed by atoms with Crippen LogP contribution >= 0.6 is 0 Å². The average Bonchev–Trinajstić information content (AvgIpc) is 2.52. The standard InChI is InChI=1S/C15H20N4O/c1-3-7-20-14-8-13(9-16-11-14)15(17-4-2)12-5-6-18-19-10-12/h5-6,8-11,15,17H,3-4,7H2,1-2H3. The largest absolute Gasteiger partial charge is 0.492 e. The minimum atomic E-state index is 0.0492. The molecule has 0 saturated carbocycles. The number of ether oxygens (including phenoxy) is 1. The van der Waals surface area contributed by atoms with E-state index in [-0.39, 0.29) is 6.04 Å². The molecule has 106 valence electrons. The fourth-order valence-corrected chi connectivity index (χ4v) is 2.00. The molecule has 5 nitrogen and oxygen atoms in total. The van der Waals surface area contributed by atoms with Crippen LogP contribution in [0.25, 0.3) is 0 Å². The van der Waals surface area contributed by atoms with E-state index in [2.05, 4.69) is 34.3 Å². The van der Waals surface area contributed by atoms with Crippen molar-refractivity contribution >= 4 is 0 Å². The summed E-state index contributed by atoms with van der Waals surface area (Å²) in [6, 6.07) is 4.03. The average molecular weight is 272 g/mol. The SMILES string of the molecule is CCCOc1cncc(C(NCC)c2ccnnc2)c1. The first kappa shape index (κ1) is 14.4. The summed E-state index contributed by atoms with van der Waals surface area (Å²) in [5, 5.41) is 11.2. The lowest BCUT2D eigenvalue weighted by Crippen LogP contribution is -2.22. The summed E-state index contributed by atoms with van der Waals surface area (Å²) in [5.41, 5.74) is 2.13. The monoisotopic (exact) mass is 272 g/mol. The molecular formula is C15H20N4O. The van der Waals surface area contributed by atoms with Gasteiger partial charge >= 0.3 is 0 Å². The second-order valence-corrected chi connectivity index (χ2v) is 4.47. The molecule has 0 aliphatic rings. The molecule has 0 amide bonds. The molecule has 1 unspecified atom stereocenters. The number of pyridine rings is 1. The highest BCUT2D eigenvalue weighted by molar-refractivity contribution is 5.32. The van der Waals surface area contributed by atoms with Crippen molar-refractivity contribution in [2.24, 2.45) is 0 Å². The quantitative estimate of drug-likeness (QED) is 0.838. The van der Waals surface area contributed by atoms with Crippen LogP contribution < -0.4 is 10.1 Å². The van der Waals surface area contributed by atoms with Gasteiger partial charge in [0.25, 0.3) is 0 Å². The number of nitrogens with one attached hydrogen (secondary N) is 1. The molecule has 1 N–H and O–H groups in total. The molecule has 0 aromatic carbocycles. The Morgan fingerprint density at radius 3 is 2.75 bits per heavy atom. The van der Waals surface area contributed by atoms with E-state index in [0.29, 0.717) is 6.61 Å². The fourth-order valence-electron chi connectivity index (χ4n) is 2.00.